The number of methoxy groups -OCH3 is 1. The Morgan fingerprint density at radius 3 is 2.59 bits per heavy atom. The molecule has 0 radical (unpaired) electrons. The molecule has 1 aromatic carbocycles. The number of ether oxygens (including phenoxy) is 1. The summed E-state index contributed by atoms with van der Waals surface area (Å²) in [6, 6.07) is 6.30. The molecule has 22 heavy (non-hydrogen) atoms. The minimum absolute atomic E-state index is 0.353. The normalized spacial score (nSPS) is 14.9. The Hall–Kier alpha value is -2.08. The highest BCUT2D eigenvalue weighted by Crippen LogP contribution is 2.24. The van der Waals surface area contributed by atoms with Gasteiger partial charge in [0.2, 0.25) is 11.6 Å². The average Bonchev–Trinajstić information content (AvgIpc) is 2.55. The van der Waals surface area contributed by atoms with Crippen LogP contribution < -0.4 is 5.32 Å². The van der Waals surface area contributed by atoms with Crippen LogP contribution >= 0.6 is 11.8 Å². The molecule has 0 aliphatic heterocycles. The van der Waals surface area contributed by atoms with Gasteiger partial charge in [0.1, 0.15) is 6.04 Å². The molecule has 0 spiro atoms. The summed E-state index contributed by atoms with van der Waals surface area (Å²) in [7, 11) is 1.33. The van der Waals surface area contributed by atoms with Gasteiger partial charge in [0.25, 0.3) is 0 Å². The molecule has 0 fully saturated rings. The number of Topliss-reactive ketones (excluding diaryl/α,β-unsaturated/α-hetero) is 1. The van der Waals surface area contributed by atoms with Gasteiger partial charge < -0.3 is 10.1 Å². The number of thioether (sulfide) groups is 1. The van der Waals surface area contributed by atoms with E-state index in [9.17, 15) is 14.4 Å². The van der Waals surface area contributed by atoms with E-state index in [0.29, 0.717) is 23.2 Å². The maximum atomic E-state index is 11.9. The molecule has 116 valence electrons. The Kier molecular flexibility index (Phi) is 5.38. The monoisotopic (exact) mass is 319 g/mol. The van der Waals surface area contributed by atoms with E-state index < -0.39 is 23.6 Å². The first-order chi connectivity index (χ1) is 10.6. The lowest BCUT2D eigenvalue weighted by Crippen LogP contribution is -2.38. The zero-order valence-corrected chi connectivity index (χ0v) is 13.2. The fourth-order valence-electron chi connectivity index (χ4n) is 2.26. The van der Waals surface area contributed by atoms with Crippen molar-refractivity contribution in [3.63, 3.8) is 0 Å². The van der Waals surface area contributed by atoms with Crippen molar-refractivity contribution in [2.24, 2.45) is 0 Å². The Bertz CT molecular complexity index is 639. The highest BCUT2D eigenvalue weighted by Gasteiger charge is 2.28. The SMILES string of the molecule is COC(=O)C(CCSC)NC1=CC(=O)C(=O)c2ccccc21. The molecule has 0 amide bonds. The van der Waals surface area contributed by atoms with Crippen molar-refractivity contribution in [1.82, 2.24) is 5.32 Å². The zero-order chi connectivity index (χ0) is 16.1. The van der Waals surface area contributed by atoms with Gasteiger partial charge in [-0.3, -0.25) is 9.59 Å². The first-order valence-corrected chi connectivity index (χ1v) is 8.21. The highest BCUT2D eigenvalue weighted by atomic mass is 32.2. The molecule has 1 aliphatic carbocycles. The summed E-state index contributed by atoms with van der Waals surface area (Å²) in [6.45, 7) is 0. The fraction of sp³-hybridized carbons (Fsp3) is 0.312. The van der Waals surface area contributed by atoms with Crippen molar-refractivity contribution in [1.29, 1.82) is 0 Å². The third-order valence-electron chi connectivity index (χ3n) is 3.39. The van der Waals surface area contributed by atoms with Gasteiger partial charge in [-0.1, -0.05) is 24.3 Å². The van der Waals surface area contributed by atoms with E-state index >= 15 is 0 Å². The third-order valence-corrected chi connectivity index (χ3v) is 4.03. The summed E-state index contributed by atoms with van der Waals surface area (Å²) in [5, 5.41) is 3.05. The predicted molar refractivity (Wildman–Crippen MR) is 85.7 cm³/mol. The van der Waals surface area contributed by atoms with Crippen molar-refractivity contribution < 1.29 is 19.1 Å². The molecule has 1 aliphatic rings. The molecule has 1 atom stereocenters. The third kappa shape index (κ3) is 3.39. The molecule has 0 heterocycles. The highest BCUT2D eigenvalue weighted by molar-refractivity contribution is 7.98. The second-order valence-electron chi connectivity index (χ2n) is 4.80. The number of hydrogen-bond donors (Lipinski definition) is 1. The summed E-state index contributed by atoms with van der Waals surface area (Å²) in [6.07, 6.45) is 3.76. The maximum absolute atomic E-state index is 11.9. The minimum atomic E-state index is -0.588. The molecule has 0 saturated heterocycles. The number of carbonyl (C=O) groups is 3. The van der Waals surface area contributed by atoms with Crippen LogP contribution in [0.1, 0.15) is 22.3 Å². The van der Waals surface area contributed by atoms with Gasteiger partial charge in [-0.2, -0.15) is 11.8 Å². The van der Waals surface area contributed by atoms with E-state index in [4.69, 9.17) is 4.74 Å². The molecule has 5 nitrogen and oxygen atoms in total. The van der Waals surface area contributed by atoms with Crippen LogP contribution in [0.2, 0.25) is 0 Å². The largest absolute Gasteiger partial charge is 0.467 e. The van der Waals surface area contributed by atoms with E-state index in [1.54, 1.807) is 36.0 Å². The van der Waals surface area contributed by atoms with Gasteiger partial charge >= 0.3 is 5.97 Å². The van der Waals surface area contributed by atoms with Crippen LogP contribution in [0.15, 0.2) is 30.3 Å². The average molecular weight is 319 g/mol. The van der Waals surface area contributed by atoms with Gasteiger partial charge in [-0.05, 0) is 18.4 Å². The molecule has 0 bridgehead atoms. The second-order valence-corrected chi connectivity index (χ2v) is 5.78. The van der Waals surface area contributed by atoms with Crippen LogP contribution in [0.25, 0.3) is 5.70 Å². The smallest absolute Gasteiger partial charge is 0.328 e. The van der Waals surface area contributed by atoms with E-state index in [1.165, 1.54) is 13.2 Å². The molecular formula is C16H17NO4S. The Labute approximate surface area is 133 Å². The number of hydrogen-bond acceptors (Lipinski definition) is 6. The lowest BCUT2D eigenvalue weighted by molar-refractivity contribution is -0.142. The Balaban J connectivity index is 2.30. The van der Waals surface area contributed by atoms with Crippen molar-refractivity contribution in [3.05, 3.63) is 41.5 Å². The predicted octanol–water partition coefficient (Wildman–Crippen LogP) is 1.68. The standard InChI is InChI=1S/C16H17NO4S/c1-21-16(20)12(7-8-22-2)17-13-9-14(18)15(19)11-6-4-3-5-10(11)13/h3-6,9,12,17H,7-8H2,1-2H3. The van der Waals surface area contributed by atoms with Crippen LogP contribution in [0.5, 0.6) is 0 Å². The molecule has 0 saturated carbocycles. The van der Waals surface area contributed by atoms with E-state index in [2.05, 4.69) is 5.32 Å². The van der Waals surface area contributed by atoms with Gasteiger partial charge in [-0.25, -0.2) is 4.79 Å². The van der Waals surface area contributed by atoms with Crippen LogP contribution in [-0.4, -0.2) is 42.7 Å². The number of fused-ring (bicyclic) bond motifs is 1. The van der Waals surface area contributed by atoms with Gasteiger partial charge in [0.05, 0.1) is 7.11 Å². The fourth-order valence-corrected chi connectivity index (χ4v) is 2.73. The Morgan fingerprint density at radius 1 is 1.27 bits per heavy atom. The summed E-state index contributed by atoms with van der Waals surface area (Å²) < 4.78 is 4.80. The Morgan fingerprint density at radius 2 is 1.95 bits per heavy atom. The van der Waals surface area contributed by atoms with Crippen molar-refractivity contribution in [2.45, 2.75) is 12.5 Å². The summed E-state index contributed by atoms with van der Waals surface area (Å²) in [4.78, 5) is 35.6. The number of ketones is 2. The zero-order valence-electron chi connectivity index (χ0n) is 12.4. The van der Waals surface area contributed by atoms with Crippen LogP contribution in [0.4, 0.5) is 0 Å². The van der Waals surface area contributed by atoms with Crippen LogP contribution in [-0.2, 0) is 14.3 Å². The van der Waals surface area contributed by atoms with Gasteiger partial charge in [0, 0.05) is 22.9 Å². The van der Waals surface area contributed by atoms with E-state index in [-0.39, 0.29) is 0 Å². The molecule has 1 N–H and O–H groups in total. The first kappa shape index (κ1) is 16.3. The topological polar surface area (TPSA) is 72.5 Å². The number of esters is 1. The minimum Gasteiger partial charge on any atom is -0.467 e. The van der Waals surface area contributed by atoms with Crippen LogP contribution in [0.3, 0.4) is 0 Å². The van der Waals surface area contributed by atoms with E-state index in [0.717, 1.165) is 5.75 Å². The van der Waals surface area contributed by atoms with E-state index in [1.807, 2.05) is 6.26 Å². The van der Waals surface area contributed by atoms with Crippen molar-refractivity contribution >= 4 is 35.0 Å². The molecule has 1 unspecified atom stereocenters. The molecule has 1 aromatic rings. The molecule has 6 heteroatoms. The lowest BCUT2D eigenvalue weighted by Gasteiger charge is -2.22. The number of carbonyl (C=O) groups excluding carboxylic acids is 3. The quantitative estimate of drug-likeness (QED) is 0.635. The molecule has 2 rings (SSSR count). The first-order valence-electron chi connectivity index (χ1n) is 6.81. The number of nitrogens with one attached hydrogen (secondary N) is 1. The maximum Gasteiger partial charge on any atom is 0.328 e. The second kappa shape index (κ2) is 7.26. The summed E-state index contributed by atoms with van der Waals surface area (Å²) >= 11 is 1.62. The van der Waals surface area contributed by atoms with Crippen LogP contribution in [0, 0.1) is 0 Å². The van der Waals surface area contributed by atoms with Crippen molar-refractivity contribution in [2.75, 3.05) is 19.1 Å². The number of allylic oxidation sites excluding steroid dienone is 1. The van der Waals surface area contributed by atoms with Gasteiger partial charge in [0.15, 0.2) is 0 Å². The number of benzene rings is 1. The number of rotatable bonds is 6. The van der Waals surface area contributed by atoms with Crippen molar-refractivity contribution in [3.8, 4) is 0 Å². The molecular weight excluding hydrogens is 302 g/mol. The van der Waals surface area contributed by atoms with Gasteiger partial charge in [-0.15, -0.1) is 0 Å². The lowest BCUT2D eigenvalue weighted by atomic mass is 9.92. The summed E-state index contributed by atoms with van der Waals surface area (Å²) in [5.41, 5.74) is 1.47. The summed E-state index contributed by atoms with van der Waals surface area (Å²) in [5.74, 6) is -0.736. The molecule has 0 aromatic heterocycles.